The first-order valence-corrected chi connectivity index (χ1v) is 48.0. The van der Waals surface area contributed by atoms with Crippen LogP contribution >= 0.6 is 45.9 Å². The maximum Gasteiger partial charge on any atom is 0.240 e. The summed E-state index contributed by atoms with van der Waals surface area (Å²) in [4.78, 5) is 111. The maximum atomic E-state index is 15.0. The van der Waals surface area contributed by atoms with E-state index in [1.54, 1.807) is 24.0 Å². The fourth-order valence-electron chi connectivity index (χ4n) is 17.8. The number of hydrogen-bond donors (Lipinski definition) is 2. The first-order valence-electron chi connectivity index (χ1n) is 42.3. The van der Waals surface area contributed by atoms with Crippen molar-refractivity contribution >= 4 is 123 Å². The van der Waals surface area contributed by atoms with E-state index in [0.29, 0.717) is 97.4 Å². The van der Waals surface area contributed by atoms with Crippen LogP contribution in [0.15, 0.2) is 120 Å². The van der Waals surface area contributed by atoms with Crippen molar-refractivity contribution in [2.45, 2.75) is 229 Å². The number of benzene rings is 4. The lowest BCUT2D eigenvalue weighted by atomic mass is 9.90. The molecule has 4 aliphatic heterocycles. The van der Waals surface area contributed by atoms with Crippen LogP contribution in [0.2, 0.25) is 10.0 Å². The zero-order valence-corrected chi connectivity index (χ0v) is 74.0. The van der Waals surface area contributed by atoms with E-state index < -0.39 is 89.3 Å². The molecule has 22 nitrogen and oxygen atoms in total. The Morgan fingerprint density at radius 2 is 0.975 bits per heavy atom. The van der Waals surface area contributed by atoms with Gasteiger partial charge in [0, 0.05) is 69.1 Å². The number of pyridine rings is 2. The molecule has 4 saturated carbocycles. The van der Waals surface area contributed by atoms with Crippen LogP contribution in [0.4, 0.5) is 0 Å². The van der Waals surface area contributed by atoms with Crippen molar-refractivity contribution in [3.8, 4) is 44.7 Å². The highest BCUT2D eigenvalue weighted by Gasteiger charge is 2.63. The van der Waals surface area contributed by atoms with E-state index in [9.17, 15) is 45.6 Å². The van der Waals surface area contributed by atoms with E-state index in [-0.39, 0.29) is 85.8 Å². The van der Waals surface area contributed by atoms with Gasteiger partial charge in [-0.25, -0.2) is 36.8 Å². The minimum Gasteiger partial charge on any atom is -0.496 e. The van der Waals surface area contributed by atoms with Crippen LogP contribution in [0.1, 0.15) is 202 Å². The molecule has 4 aliphatic carbocycles. The van der Waals surface area contributed by atoms with E-state index in [0.717, 1.165) is 128 Å². The Morgan fingerprint density at radius 3 is 1.38 bits per heavy atom. The van der Waals surface area contributed by atoms with Gasteiger partial charge in [-0.15, -0.1) is 22.7 Å². The second kappa shape index (κ2) is 36.0. The van der Waals surface area contributed by atoms with E-state index in [1.165, 1.54) is 22.7 Å². The average molecular weight is 1750 g/mol. The number of carbonyl (C=O) groups excluding carboxylic acids is 6. The lowest BCUT2D eigenvalue weighted by Gasteiger charge is -2.29. The van der Waals surface area contributed by atoms with Gasteiger partial charge in [-0.2, -0.15) is 0 Å². The van der Waals surface area contributed by atoms with Crippen molar-refractivity contribution in [2.75, 3.05) is 27.3 Å². The van der Waals surface area contributed by atoms with Gasteiger partial charge in [0.2, 0.25) is 55.4 Å². The van der Waals surface area contributed by atoms with Crippen LogP contribution < -0.4 is 28.4 Å². The lowest BCUT2D eigenvalue weighted by molar-refractivity contribution is -0.142. The Morgan fingerprint density at radius 1 is 0.533 bits per heavy atom. The summed E-state index contributed by atoms with van der Waals surface area (Å²) in [5, 5.41) is 8.93. The van der Waals surface area contributed by atoms with Crippen molar-refractivity contribution in [1.29, 1.82) is 0 Å². The number of nitrogens with zero attached hydrogens (tertiary/aromatic N) is 6. The summed E-state index contributed by atoms with van der Waals surface area (Å²) >= 11 is 15.7. The van der Waals surface area contributed by atoms with Crippen LogP contribution in [0, 0.1) is 48.3 Å². The highest BCUT2D eigenvalue weighted by molar-refractivity contribution is 7.91. The zero-order valence-electron chi connectivity index (χ0n) is 69.2. The SMILES string of the molecule is COc1ccc2c(O[C@@H]3C[C@H]4C(=O)C[C@]5(C(=O)NS(=O)(=O)C6CC6)C[C@H]5/C=C\CCCCC[C@H](Cc5ccc(Cl)cc5)C(=O)N4C3)nc(-c3nc(C(C)C)cs3)cc2c1C.COc1ccc2c(O[C@@H]3C[C@H]4C(=O)C[C@]5(C(=O)NS(=O)(=O)C6CC6)C[C@H]5/C=C\CCCCC[C@H](Cc5cccc(Cl)c5)C(=O)N4C3)nc(-c3nc(C(C)C)cs3)cc2c1C. The first kappa shape index (κ1) is 86.3. The van der Waals surface area contributed by atoms with Gasteiger partial charge in [0.15, 0.2) is 11.6 Å². The fraction of sp³-hybridized carbons (Fsp3) is 0.500. The van der Waals surface area contributed by atoms with Gasteiger partial charge in [-0.05, 0) is 221 Å². The van der Waals surface area contributed by atoms with Gasteiger partial charge < -0.3 is 28.7 Å². The van der Waals surface area contributed by atoms with Crippen molar-refractivity contribution in [3.63, 3.8) is 0 Å². The summed E-state index contributed by atoms with van der Waals surface area (Å²) in [6, 6.07) is 24.9. The Bertz CT molecular complexity index is 5550. The maximum absolute atomic E-state index is 15.0. The molecule has 8 aromatic rings. The Kier molecular flexibility index (Phi) is 25.9. The lowest BCUT2D eigenvalue weighted by Crippen LogP contribution is -2.46. The van der Waals surface area contributed by atoms with E-state index >= 15 is 0 Å². The minimum atomic E-state index is -3.84. The third kappa shape index (κ3) is 19.1. The molecular formula is C92H106Cl2N8O14S4. The molecule has 0 bridgehead atoms. The largest absolute Gasteiger partial charge is 0.496 e. The Labute approximate surface area is 720 Å². The monoisotopic (exact) mass is 1740 g/mol. The van der Waals surface area contributed by atoms with Crippen LogP contribution in [-0.2, 0) is 61.7 Å². The molecule has 4 aromatic carbocycles. The van der Waals surface area contributed by atoms with E-state index in [4.69, 9.17) is 62.1 Å². The molecule has 4 amide bonds. The normalized spacial score (nSPS) is 25.6. The number of aromatic nitrogens is 4. The number of Topliss-reactive ketones (excluding diaryl/α,β-unsaturated/α-hetero) is 2. The molecule has 2 N–H and O–H groups in total. The number of ether oxygens (including phenoxy) is 4. The summed E-state index contributed by atoms with van der Waals surface area (Å²) in [7, 11) is -4.41. The third-order valence-corrected chi connectivity index (χ3v) is 31.4. The molecule has 16 rings (SSSR count). The molecule has 2 saturated heterocycles. The second-order valence-electron chi connectivity index (χ2n) is 34.8. The molecule has 636 valence electrons. The van der Waals surface area contributed by atoms with Crippen LogP contribution in [0.25, 0.3) is 42.9 Å². The molecule has 8 aliphatic rings. The topological polar surface area (TPSA) is 290 Å². The molecule has 0 radical (unpaired) electrons. The van der Waals surface area contributed by atoms with Crippen molar-refractivity contribution in [2.24, 2.45) is 34.5 Å². The predicted molar refractivity (Wildman–Crippen MR) is 468 cm³/mol. The summed E-state index contributed by atoms with van der Waals surface area (Å²) in [6.45, 7) is 12.6. The Balaban J connectivity index is 0.000000187. The summed E-state index contributed by atoms with van der Waals surface area (Å²) in [5.41, 5.74) is 4.55. The number of sulfonamides is 2. The highest BCUT2D eigenvalue weighted by Crippen LogP contribution is 2.59. The molecule has 0 spiro atoms. The van der Waals surface area contributed by atoms with Crippen LogP contribution in [0.5, 0.6) is 23.3 Å². The van der Waals surface area contributed by atoms with Crippen LogP contribution in [-0.4, -0.2) is 144 Å². The molecule has 4 aromatic heterocycles. The molecule has 8 heterocycles. The zero-order chi connectivity index (χ0) is 84.7. The van der Waals surface area contributed by atoms with Gasteiger partial charge in [0.1, 0.15) is 45.1 Å². The first-order chi connectivity index (χ1) is 57.5. The number of rotatable bonds is 20. The van der Waals surface area contributed by atoms with Gasteiger partial charge in [-0.3, -0.25) is 38.2 Å². The summed E-state index contributed by atoms with van der Waals surface area (Å²) < 4.78 is 81.8. The van der Waals surface area contributed by atoms with Crippen molar-refractivity contribution in [3.05, 3.63) is 164 Å². The van der Waals surface area contributed by atoms with E-state index in [1.807, 2.05) is 122 Å². The molecular weight excluding hydrogens is 1640 g/mol. The van der Waals surface area contributed by atoms with Gasteiger partial charge in [0.05, 0.1) is 72.1 Å². The standard InChI is InChI=1S/2C46H53ClN4O7S2/c1-27(2)38-26-59-43(49-38)37-22-36-28(3)41(57-4)18-17-35(36)42(48-37)58-33-21-39-40(52)24-46(45(54)50-60(55,56)34-15-16-34)23-31(46)13-9-7-5-6-8-12-30(44(53)51(39)25-33)19-29-11-10-14-32(47)20-29;1-27(2)38-26-59-43(49-38)37-22-36-28(3)41(57-4)19-18-35(36)42(48-37)58-33-21-39-40(52)24-46(45(54)50-60(55,56)34-16-17-34)23-31(46)11-9-7-5-6-8-10-30(44(53)51(39)25-33)20-29-12-14-32(47)15-13-29/h9-11,13-14,17-18,20,22,26-27,30-31,33-34,39H,5-8,12,15-16,19,21,23-25H2,1-4H3,(H,50,54);9,11-15,18-19,22,26-27,30-31,33-34,39H,5-8,10,16-17,20-21,23-25H2,1-4H3,(H,50,54)/b13-9-;11-9-/t2*30-,31-,33-,39+,46-/m11/s1. The number of aryl methyl sites for hydroxylation is 2. The smallest absolute Gasteiger partial charge is 0.240 e. The third-order valence-electron chi connectivity index (χ3n) is 25.5. The Hall–Kier alpha value is -8.66. The highest BCUT2D eigenvalue weighted by atomic mass is 35.5. The van der Waals surface area contributed by atoms with Gasteiger partial charge >= 0.3 is 0 Å². The molecule has 0 unspecified atom stereocenters. The molecule has 6 fully saturated rings. The number of nitrogens with one attached hydrogen (secondary N) is 2. The summed E-state index contributed by atoms with van der Waals surface area (Å²) in [5.74, 6) is -0.850. The number of ketones is 2. The number of fused-ring (bicyclic) bond motifs is 6. The predicted octanol–water partition coefficient (Wildman–Crippen LogP) is 17.5. The quantitative estimate of drug-likeness (QED) is 0.0670. The number of amides is 4. The second-order valence-corrected chi connectivity index (χ2v) is 41.3. The molecule has 28 heteroatoms. The number of methoxy groups -OCH3 is 2. The molecule has 120 heavy (non-hydrogen) atoms. The average Bonchev–Trinajstić information content (AvgIpc) is 1.58. The number of halogens is 2. The number of carbonyl (C=O) groups is 6. The number of allylic oxidation sites excluding steroid dienone is 4. The van der Waals surface area contributed by atoms with Crippen molar-refractivity contribution in [1.82, 2.24) is 39.2 Å². The van der Waals surface area contributed by atoms with E-state index in [2.05, 4.69) is 49.3 Å². The van der Waals surface area contributed by atoms with Gasteiger partial charge in [-0.1, -0.05) is 125 Å². The fourth-order valence-corrected chi connectivity index (χ4v) is 22.8. The number of thiazole rings is 2. The minimum absolute atomic E-state index is 0.136. The van der Waals surface area contributed by atoms with Crippen molar-refractivity contribution < 1.29 is 64.6 Å². The summed E-state index contributed by atoms with van der Waals surface area (Å²) in [6.07, 6.45) is 18.7. The van der Waals surface area contributed by atoms with Gasteiger partial charge in [0.25, 0.3) is 0 Å². The van der Waals surface area contributed by atoms with Crippen LogP contribution in [0.3, 0.4) is 0 Å². The molecule has 10 atom stereocenters. The number of hydrogen-bond acceptors (Lipinski definition) is 20.